The van der Waals surface area contributed by atoms with E-state index in [0.29, 0.717) is 0 Å². The maximum atomic E-state index is 6.21. The zero-order valence-corrected chi connectivity index (χ0v) is 16.6. The third-order valence-corrected chi connectivity index (χ3v) is 5.66. The van der Waals surface area contributed by atoms with Crippen molar-refractivity contribution in [2.24, 2.45) is 7.05 Å². The second-order valence-corrected chi connectivity index (χ2v) is 8.12. The molecular formula is C22H25BN2O2. The number of hydrogen-bond acceptors (Lipinski definition) is 3. The molecule has 2 aromatic carbocycles. The number of aryl methyl sites for hydroxylation is 1. The van der Waals surface area contributed by atoms with Gasteiger partial charge < -0.3 is 9.31 Å². The molecule has 2 heterocycles. The van der Waals surface area contributed by atoms with E-state index in [1.165, 1.54) is 0 Å². The topological polar surface area (TPSA) is 36.3 Å². The number of aromatic nitrogens is 2. The number of rotatable bonds is 3. The summed E-state index contributed by atoms with van der Waals surface area (Å²) in [5, 5.41) is 5.77. The third-order valence-electron chi connectivity index (χ3n) is 5.66. The average Bonchev–Trinajstić information content (AvgIpc) is 3.06. The lowest BCUT2D eigenvalue weighted by Gasteiger charge is -2.32. The average molecular weight is 360 g/mol. The Balaban J connectivity index is 1.71. The van der Waals surface area contributed by atoms with Gasteiger partial charge in [0, 0.05) is 12.4 Å². The van der Waals surface area contributed by atoms with Gasteiger partial charge in [-0.05, 0) is 50.9 Å². The molecule has 0 saturated carbocycles. The first-order valence-electron chi connectivity index (χ1n) is 9.32. The molecule has 27 heavy (non-hydrogen) atoms. The standard InChI is InChI=1S/C22H25BN2O2/c1-21(2)22(3,4)27-23(26-21)17-12-14-20-18(15-17)19(24-25(20)5)13-11-16-9-7-6-8-10-16/h6-15H,1-5H3/b13-11+. The van der Waals surface area contributed by atoms with Crippen LogP contribution in [0.4, 0.5) is 0 Å². The SMILES string of the molecule is Cn1nc(/C=C/c2ccccc2)c2cc(B3OC(C)(C)C(C)(C)O3)ccc21. The molecule has 1 aliphatic heterocycles. The molecule has 4 nitrogen and oxygen atoms in total. The summed E-state index contributed by atoms with van der Waals surface area (Å²) in [6, 6.07) is 16.5. The van der Waals surface area contributed by atoms with Gasteiger partial charge in [0.15, 0.2) is 0 Å². The summed E-state index contributed by atoms with van der Waals surface area (Å²) in [6.45, 7) is 8.29. The third kappa shape index (κ3) is 3.22. The summed E-state index contributed by atoms with van der Waals surface area (Å²) < 4.78 is 14.3. The van der Waals surface area contributed by atoms with Gasteiger partial charge in [-0.1, -0.05) is 48.5 Å². The van der Waals surface area contributed by atoms with E-state index < -0.39 is 0 Å². The van der Waals surface area contributed by atoms with Gasteiger partial charge in [-0.15, -0.1) is 0 Å². The van der Waals surface area contributed by atoms with Crippen molar-refractivity contribution in [2.75, 3.05) is 0 Å². The van der Waals surface area contributed by atoms with Crippen molar-refractivity contribution in [2.45, 2.75) is 38.9 Å². The zero-order chi connectivity index (χ0) is 19.2. The van der Waals surface area contributed by atoms with E-state index in [0.717, 1.165) is 27.6 Å². The van der Waals surface area contributed by atoms with E-state index in [9.17, 15) is 0 Å². The summed E-state index contributed by atoms with van der Waals surface area (Å²) in [5.74, 6) is 0. The van der Waals surface area contributed by atoms with E-state index in [2.05, 4.69) is 75.3 Å². The van der Waals surface area contributed by atoms with Crippen LogP contribution in [-0.4, -0.2) is 28.1 Å². The van der Waals surface area contributed by atoms with E-state index in [1.54, 1.807) is 0 Å². The lowest BCUT2D eigenvalue weighted by atomic mass is 9.78. The van der Waals surface area contributed by atoms with Crippen LogP contribution in [-0.2, 0) is 16.4 Å². The highest BCUT2D eigenvalue weighted by Gasteiger charge is 2.51. The predicted molar refractivity (Wildman–Crippen MR) is 112 cm³/mol. The first kappa shape index (κ1) is 18.0. The van der Waals surface area contributed by atoms with Crippen molar-refractivity contribution in [1.29, 1.82) is 0 Å². The molecule has 1 saturated heterocycles. The highest BCUT2D eigenvalue weighted by Crippen LogP contribution is 2.36. The molecular weight excluding hydrogens is 335 g/mol. The molecule has 0 N–H and O–H groups in total. The molecule has 0 amide bonds. The summed E-state index contributed by atoms with van der Waals surface area (Å²) in [6.07, 6.45) is 4.15. The second kappa shape index (κ2) is 6.36. The van der Waals surface area contributed by atoms with Gasteiger partial charge in [0.2, 0.25) is 0 Å². The fraction of sp³-hybridized carbons (Fsp3) is 0.318. The number of fused-ring (bicyclic) bond motifs is 1. The highest BCUT2D eigenvalue weighted by molar-refractivity contribution is 6.62. The molecule has 138 valence electrons. The lowest BCUT2D eigenvalue weighted by Crippen LogP contribution is -2.41. The minimum atomic E-state index is -0.370. The van der Waals surface area contributed by atoms with Gasteiger partial charge in [-0.25, -0.2) is 0 Å². The summed E-state index contributed by atoms with van der Waals surface area (Å²) >= 11 is 0. The quantitative estimate of drug-likeness (QED) is 0.662. The maximum absolute atomic E-state index is 6.21. The van der Waals surface area contributed by atoms with Crippen molar-refractivity contribution in [1.82, 2.24) is 9.78 Å². The summed E-state index contributed by atoms with van der Waals surface area (Å²) in [5.41, 5.74) is 3.49. The fourth-order valence-corrected chi connectivity index (χ4v) is 3.30. The van der Waals surface area contributed by atoms with Crippen LogP contribution in [0.25, 0.3) is 23.1 Å². The molecule has 0 radical (unpaired) electrons. The van der Waals surface area contributed by atoms with E-state index >= 15 is 0 Å². The van der Waals surface area contributed by atoms with E-state index in [1.807, 2.05) is 29.9 Å². The lowest BCUT2D eigenvalue weighted by molar-refractivity contribution is 0.00578. The molecule has 0 bridgehead atoms. The molecule has 4 rings (SSSR count). The largest absolute Gasteiger partial charge is 0.494 e. The first-order chi connectivity index (χ1) is 12.8. The molecule has 5 heteroatoms. The Labute approximate surface area is 160 Å². The Morgan fingerprint density at radius 1 is 0.926 bits per heavy atom. The number of hydrogen-bond donors (Lipinski definition) is 0. The van der Waals surface area contributed by atoms with Crippen LogP contribution in [0.5, 0.6) is 0 Å². The van der Waals surface area contributed by atoms with Crippen LogP contribution in [0.2, 0.25) is 0 Å². The Bertz CT molecular complexity index is 990. The van der Waals surface area contributed by atoms with Gasteiger partial charge in [0.05, 0.1) is 22.4 Å². The van der Waals surface area contributed by atoms with Gasteiger partial charge in [0.1, 0.15) is 0 Å². The Hall–Kier alpha value is -2.37. The molecule has 0 aliphatic carbocycles. The first-order valence-corrected chi connectivity index (χ1v) is 9.32. The predicted octanol–water partition coefficient (Wildman–Crippen LogP) is 4.04. The maximum Gasteiger partial charge on any atom is 0.494 e. The van der Waals surface area contributed by atoms with Crippen LogP contribution in [0, 0.1) is 0 Å². The summed E-state index contributed by atoms with van der Waals surface area (Å²) in [7, 11) is 1.60. The number of nitrogens with zero attached hydrogens (tertiary/aromatic N) is 2. The fourth-order valence-electron chi connectivity index (χ4n) is 3.30. The molecule has 1 aromatic heterocycles. The van der Waals surface area contributed by atoms with Crippen LogP contribution in [0.15, 0.2) is 48.5 Å². The Kier molecular flexibility index (Phi) is 4.24. The molecule has 3 aromatic rings. The van der Waals surface area contributed by atoms with Crippen molar-refractivity contribution in [3.63, 3.8) is 0 Å². The Morgan fingerprint density at radius 2 is 1.59 bits per heavy atom. The Morgan fingerprint density at radius 3 is 2.26 bits per heavy atom. The van der Waals surface area contributed by atoms with Crippen molar-refractivity contribution in [3.8, 4) is 0 Å². The normalized spacial score (nSPS) is 18.6. The molecule has 0 unspecified atom stereocenters. The van der Waals surface area contributed by atoms with Crippen molar-refractivity contribution in [3.05, 3.63) is 59.8 Å². The van der Waals surface area contributed by atoms with Crippen LogP contribution in [0.1, 0.15) is 39.0 Å². The van der Waals surface area contributed by atoms with Gasteiger partial charge in [0.25, 0.3) is 0 Å². The monoisotopic (exact) mass is 360 g/mol. The van der Waals surface area contributed by atoms with Gasteiger partial charge >= 0.3 is 7.12 Å². The molecule has 0 atom stereocenters. The summed E-state index contributed by atoms with van der Waals surface area (Å²) in [4.78, 5) is 0. The number of benzene rings is 2. The van der Waals surface area contributed by atoms with Gasteiger partial charge in [-0.3, -0.25) is 4.68 Å². The second-order valence-electron chi connectivity index (χ2n) is 8.12. The van der Waals surface area contributed by atoms with E-state index in [4.69, 9.17) is 9.31 Å². The minimum Gasteiger partial charge on any atom is -0.399 e. The van der Waals surface area contributed by atoms with Crippen molar-refractivity contribution < 1.29 is 9.31 Å². The smallest absolute Gasteiger partial charge is 0.399 e. The van der Waals surface area contributed by atoms with Crippen LogP contribution in [0.3, 0.4) is 0 Å². The highest BCUT2D eigenvalue weighted by atomic mass is 16.7. The molecule has 0 spiro atoms. The molecule has 1 fully saturated rings. The van der Waals surface area contributed by atoms with Crippen molar-refractivity contribution >= 4 is 35.6 Å². The zero-order valence-electron chi connectivity index (χ0n) is 16.6. The van der Waals surface area contributed by atoms with Crippen LogP contribution >= 0.6 is 0 Å². The molecule has 1 aliphatic rings. The van der Waals surface area contributed by atoms with E-state index in [-0.39, 0.29) is 18.3 Å². The van der Waals surface area contributed by atoms with Crippen LogP contribution < -0.4 is 5.46 Å². The van der Waals surface area contributed by atoms with Gasteiger partial charge in [-0.2, -0.15) is 5.10 Å². The minimum absolute atomic E-state index is 0.350.